The summed E-state index contributed by atoms with van der Waals surface area (Å²) in [6.07, 6.45) is 1.99. The molecule has 1 atom stereocenters. The van der Waals surface area contributed by atoms with Crippen LogP contribution >= 0.6 is 15.6 Å². The molecule has 0 bridgehead atoms. The first kappa shape index (κ1) is 13.6. The summed E-state index contributed by atoms with van der Waals surface area (Å²) in [5.41, 5.74) is 0.529. The molecule has 0 spiro atoms. The second-order valence-electron chi connectivity index (χ2n) is 2.30. The summed E-state index contributed by atoms with van der Waals surface area (Å²) in [5, 5.41) is 0. The smallest absolute Gasteiger partial charge is 0.412 e. The number of phosphoric acid groups is 2. The highest BCUT2D eigenvalue weighted by Gasteiger charge is 2.32. The van der Waals surface area contributed by atoms with Gasteiger partial charge in [-0.05, 0) is 13.0 Å². The molecule has 0 saturated heterocycles. The van der Waals surface area contributed by atoms with Crippen LogP contribution in [0.2, 0.25) is 0 Å². The predicted molar refractivity (Wildman–Crippen MR) is 48.0 cm³/mol. The van der Waals surface area contributed by atoms with Gasteiger partial charge in [-0.2, -0.15) is 4.31 Å². The zero-order valence-electron chi connectivity index (χ0n) is 7.23. The molecular formula is C5H10O7P2. The van der Waals surface area contributed by atoms with E-state index in [1.54, 1.807) is 6.92 Å². The van der Waals surface area contributed by atoms with E-state index in [1.165, 1.54) is 6.08 Å². The van der Waals surface area contributed by atoms with Crippen LogP contribution in [0.5, 0.6) is 0 Å². The first-order valence-corrected chi connectivity index (χ1v) is 6.25. The minimum Gasteiger partial charge on any atom is -0.412 e. The number of phosphoric ester groups is 1. The number of rotatable bonds is 5. The lowest BCUT2D eigenvalue weighted by molar-refractivity contribution is 0.217. The van der Waals surface area contributed by atoms with Crippen molar-refractivity contribution in [3.05, 3.63) is 24.5 Å². The van der Waals surface area contributed by atoms with Crippen LogP contribution < -0.4 is 0 Å². The van der Waals surface area contributed by atoms with Crippen molar-refractivity contribution in [2.24, 2.45) is 0 Å². The zero-order valence-corrected chi connectivity index (χ0v) is 9.02. The molecule has 0 radical (unpaired) electrons. The van der Waals surface area contributed by atoms with Gasteiger partial charge in [-0.15, -0.1) is 0 Å². The molecule has 0 aliphatic rings. The molecule has 3 N–H and O–H groups in total. The summed E-state index contributed by atoms with van der Waals surface area (Å²) in [7, 11) is -9.81. The Morgan fingerprint density at radius 3 is 2.21 bits per heavy atom. The van der Waals surface area contributed by atoms with Crippen LogP contribution in [0.15, 0.2) is 24.5 Å². The Balaban J connectivity index is 4.30. The van der Waals surface area contributed by atoms with Crippen LogP contribution in [0.1, 0.15) is 6.92 Å². The molecule has 0 heterocycles. The monoisotopic (exact) mass is 244 g/mol. The van der Waals surface area contributed by atoms with E-state index in [4.69, 9.17) is 14.7 Å². The van der Waals surface area contributed by atoms with Gasteiger partial charge >= 0.3 is 15.6 Å². The van der Waals surface area contributed by atoms with Gasteiger partial charge in [0.1, 0.15) is 0 Å². The van der Waals surface area contributed by atoms with Crippen molar-refractivity contribution in [3.63, 3.8) is 0 Å². The van der Waals surface area contributed by atoms with Gasteiger partial charge in [0, 0.05) is 0 Å². The molecule has 7 nitrogen and oxygen atoms in total. The van der Waals surface area contributed by atoms with Gasteiger partial charge in [-0.3, -0.25) is 4.89 Å². The second-order valence-corrected chi connectivity index (χ2v) is 5.08. The van der Waals surface area contributed by atoms with E-state index in [2.05, 4.69) is 15.4 Å². The molecule has 9 heteroatoms. The standard InChI is InChI=1S/C5H10O7P2/c1-5(2)3-4-11-14(9,10)12-13(6,7)8/h3-4H,1H2,2H3,(H,9,10)(H2,6,7,8). The first-order chi connectivity index (χ1) is 6.12. The summed E-state index contributed by atoms with van der Waals surface area (Å²) in [5.74, 6) is 0. The Bertz CT molecular complexity index is 327. The Morgan fingerprint density at radius 1 is 1.36 bits per heavy atom. The molecule has 0 rings (SSSR count). The summed E-state index contributed by atoms with van der Waals surface area (Å²) < 4.78 is 28.5. The predicted octanol–water partition coefficient (Wildman–Crippen LogP) is 1.30. The molecule has 0 aliphatic heterocycles. The molecule has 0 aliphatic carbocycles. The lowest BCUT2D eigenvalue weighted by Crippen LogP contribution is -1.88. The topological polar surface area (TPSA) is 113 Å². The van der Waals surface area contributed by atoms with E-state index in [1.807, 2.05) is 0 Å². The maximum atomic E-state index is 10.7. The normalized spacial score (nSPS) is 16.6. The molecule has 0 fully saturated rings. The van der Waals surface area contributed by atoms with Crippen molar-refractivity contribution in [3.8, 4) is 0 Å². The number of hydrogen-bond acceptors (Lipinski definition) is 4. The highest BCUT2D eigenvalue weighted by molar-refractivity contribution is 7.60. The summed E-state index contributed by atoms with van der Waals surface area (Å²) in [6.45, 7) is 5.01. The highest BCUT2D eigenvalue weighted by atomic mass is 31.3. The average molecular weight is 244 g/mol. The lowest BCUT2D eigenvalue weighted by atomic mass is 10.4. The van der Waals surface area contributed by atoms with Crippen LogP contribution in [0.4, 0.5) is 0 Å². The Morgan fingerprint density at radius 2 is 1.86 bits per heavy atom. The van der Waals surface area contributed by atoms with E-state index < -0.39 is 15.6 Å². The third kappa shape index (κ3) is 8.19. The van der Waals surface area contributed by atoms with E-state index >= 15 is 0 Å². The van der Waals surface area contributed by atoms with Crippen LogP contribution in [0.3, 0.4) is 0 Å². The number of hydrogen-bond donors (Lipinski definition) is 3. The maximum absolute atomic E-state index is 10.7. The molecule has 1 unspecified atom stereocenters. The van der Waals surface area contributed by atoms with E-state index in [9.17, 15) is 9.13 Å². The third-order valence-corrected chi connectivity index (χ3v) is 2.82. The fraction of sp³-hybridized carbons (Fsp3) is 0.200. The Hall–Kier alpha value is -0.420. The molecule has 0 aromatic rings. The molecule has 82 valence electrons. The van der Waals surface area contributed by atoms with Crippen LogP contribution in [-0.2, 0) is 18.0 Å². The minimum atomic E-state index is -5.05. The van der Waals surface area contributed by atoms with Gasteiger partial charge in [0.15, 0.2) is 0 Å². The van der Waals surface area contributed by atoms with Gasteiger partial charge in [0.25, 0.3) is 0 Å². The molecule has 0 amide bonds. The molecular weight excluding hydrogens is 234 g/mol. The van der Waals surface area contributed by atoms with Crippen molar-refractivity contribution in [2.75, 3.05) is 0 Å². The summed E-state index contributed by atoms with van der Waals surface area (Å²) >= 11 is 0. The van der Waals surface area contributed by atoms with Crippen molar-refractivity contribution in [2.45, 2.75) is 6.92 Å². The number of allylic oxidation sites excluding steroid dienone is 2. The van der Waals surface area contributed by atoms with Gasteiger partial charge in [-0.25, -0.2) is 9.13 Å². The van der Waals surface area contributed by atoms with Gasteiger partial charge < -0.3 is 14.3 Å². The van der Waals surface area contributed by atoms with E-state index in [0.717, 1.165) is 6.26 Å². The molecule has 14 heavy (non-hydrogen) atoms. The van der Waals surface area contributed by atoms with Gasteiger partial charge in [-0.1, -0.05) is 12.2 Å². The Labute approximate surface area is 80.5 Å². The van der Waals surface area contributed by atoms with Crippen molar-refractivity contribution < 1.29 is 32.6 Å². The van der Waals surface area contributed by atoms with E-state index in [-0.39, 0.29) is 0 Å². The SMILES string of the molecule is C=C(C)C=COP(=O)(O)OP(=O)(O)O. The van der Waals surface area contributed by atoms with Gasteiger partial charge in [0.05, 0.1) is 6.26 Å². The zero-order chi connectivity index (χ0) is 11.4. The van der Waals surface area contributed by atoms with Gasteiger partial charge in [0.2, 0.25) is 0 Å². The lowest BCUT2D eigenvalue weighted by Gasteiger charge is -2.09. The van der Waals surface area contributed by atoms with Crippen LogP contribution in [0, 0.1) is 0 Å². The average Bonchev–Trinajstić information content (AvgIpc) is 1.78. The van der Waals surface area contributed by atoms with Crippen molar-refractivity contribution >= 4 is 15.6 Å². The minimum absolute atomic E-state index is 0.529. The molecule has 0 aromatic carbocycles. The highest BCUT2D eigenvalue weighted by Crippen LogP contribution is 2.57. The molecule has 0 aromatic heterocycles. The van der Waals surface area contributed by atoms with Crippen molar-refractivity contribution in [1.29, 1.82) is 0 Å². The summed E-state index contributed by atoms with van der Waals surface area (Å²) in [6, 6.07) is 0. The van der Waals surface area contributed by atoms with Crippen molar-refractivity contribution in [1.82, 2.24) is 0 Å². The van der Waals surface area contributed by atoms with E-state index in [0.29, 0.717) is 5.57 Å². The summed E-state index contributed by atoms with van der Waals surface area (Å²) in [4.78, 5) is 25.1. The fourth-order valence-corrected chi connectivity index (χ4v) is 1.82. The molecule has 0 saturated carbocycles. The Kier molecular flexibility index (Phi) is 4.74. The van der Waals surface area contributed by atoms with Crippen LogP contribution in [0.25, 0.3) is 0 Å². The largest absolute Gasteiger partial charge is 0.535 e. The third-order valence-electron chi connectivity index (χ3n) is 0.756. The second kappa shape index (κ2) is 4.89. The first-order valence-electron chi connectivity index (χ1n) is 3.22. The maximum Gasteiger partial charge on any atom is 0.535 e. The van der Waals surface area contributed by atoms with Crippen LogP contribution in [-0.4, -0.2) is 14.7 Å². The fourth-order valence-electron chi connectivity index (χ4n) is 0.377. The quantitative estimate of drug-likeness (QED) is 0.379.